The fourth-order valence-electron chi connectivity index (χ4n) is 2.15. The zero-order valence-electron chi connectivity index (χ0n) is 10.9. The number of carboxylic acids is 1. The molecule has 7 nitrogen and oxygen atoms in total. The summed E-state index contributed by atoms with van der Waals surface area (Å²) >= 11 is 0. The minimum atomic E-state index is -0.997. The van der Waals surface area contributed by atoms with Gasteiger partial charge in [-0.05, 0) is 32.6 Å². The molecule has 2 aliphatic rings. The van der Waals surface area contributed by atoms with Crippen LogP contribution >= 0.6 is 0 Å². The van der Waals surface area contributed by atoms with E-state index in [9.17, 15) is 14.4 Å². The summed E-state index contributed by atoms with van der Waals surface area (Å²) in [4.78, 5) is 35.9. The second kappa shape index (κ2) is 5.46. The van der Waals surface area contributed by atoms with Crippen molar-refractivity contribution in [3.63, 3.8) is 0 Å². The Morgan fingerprint density at radius 3 is 2.53 bits per heavy atom. The van der Waals surface area contributed by atoms with Crippen LogP contribution in [-0.4, -0.2) is 52.6 Å². The summed E-state index contributed by atoms with van der Waals surface area (Å²) in [5.74, 6) is -1.22. The molecule has 0 aromatic rings. The third-order valence-corrected chi connectivity index (χ3v) is 3.46. The van der Waals surface area contributed by atoms with Crippen LogP contribution in [0.5, 0.6) is 0 Å². The van der Waals surface area contributed by atoms with E-state index in [1.807, 2.05) is 0 Å². The maximum absolute atomic E-state index is 11.9. The van der Waals surface area contributed by atoms with Gasteiger partial charge in [-0.1, -0.05) is 0 Å². The molecule has 2 fully saturated rings. The number of urea groups is 1. The van der Waals surface area contributed by atoms with Crippen molar-refractivity contribution in [2.75, 3.05) is 6.54 Å². The largest absolute Gasteiger partial charge is 0.480 e. The van der Waals surface area contributed by atoms with Gasteiger partial charge < -0.3 is 20.6 Å². The van der Waals surface area contributed by atoms with Crippen molar-refractivity contribution in [2.45, 2.75) is 50.7 Å². The zero-order valence-corrected chi connectivity index (χ0v) is 10.9. The quantitative estimate of drug-likeness (QED) is 0.664. The van der Waals surface area contributed by atoms with Crippen LogP contribution in [0.25, 0.3) is 0 Å². The van der Waals surface area contributed by atoms with E-state index in [-0.39, 0.29) is 11.9 Å². The summed E-state index contributed by atoms with van der Waals surface area (Å²) < 4.78 is 0. The third-order valence-electron chi connectivity index (χ3n) is 3.46. The summed E-state index contributed by atoms with van der Waals surface area (Å²) in [5.41, 5.74) is 0. The number of nitrogens with one attached hydrogen (secondary N) is 2. The summed E-state index contributed by atoms with van der Waals surface area (Å²) in [6, 6.07) is -1.67. The number of carboxylic acid groups (broad SMARTS) is 1. The molecule has 0 aromatic heterocycles. The van der Waals surface area contributed by atoms with Crippen LogP contribution in [0, 0.1) is 0 Å². The number of likely N-dealkylation sites (tertiary alicyclic amines) is 1. The topological polar surface area (TPSA) is 98.7 Å². The molecular weight excluding hydrogens is 250 g/mol. The van der Waals surface area contributed by atoms with E-state index in [0.29, 0.717) is 19.4 Å². The Hall–Kier alpha value is -1.79. The molecule has 3 amide bonds. The highest BCUT2D eigenvalue weighted by atomic mass is 16.4. The number of carbonyl (C=O) groups excluding carboxylic acids is 2. The van der Waals surface area contributed by atoms with Crippen LogP contribution in [0.2, 0.25) is 0 Å². The van der Waals surface area contributed by atoms with Crippen molar-refractivity contribution < 1.29 is 19.5 Å². The molecule has 1 saturated heterocycles. The lowest BCUT2D eigenvalue weighted by Crippen LogP contribution is -2.52. The van der Waals surface area contributed by atoms with Gasteiger partial charge in [0.15, 0.2) is 0 Å². The van der Waals surface area contributed by atoms with E-state index in [1.54, 1.807) is 6.92 Å². The van der Waals surface area contributed by atoms with Crippen molar-refractivity contribution in [3.8, 4) is 0 Å². The lowest BCUT2D eigenvalue weighted by Gasteiger charge is -2.24. The molecule has 2 rings (SSSR count). The van der Waals surface area contributed by atoms with Crippen LogP contribution < -0.4 is 10.6 Å². The molecule has 0 spiro atoms. The molecule has 1 unspecified atom stereocenters. The smallest absolute Gasteiger partial charge is 0.326 e. The number of nitrogens with zero attached hydrogens (tertiary/aromatic N) is 1. The maximum atomic E-state index is 11.9. The van der Waals surface area contributed by atoms with Crippen LogP contribution in [0.3, 0.4) is 0 Å². The first-order valence-corrected chi connectivity index (χ1v) is 6.59. The van der Waals surface area contributed by atoms with E-state index < -0.39 is 24.1 Å². The lowest BCUT2D eigenvalue weighted by atomic mass is 10.2. The molecule has 1 aliphatic heterocycles. The highest BCUT2D eigenvalue weighted by molar-refractivity contribution is 5.89. The zero-order chi connectivity index (χ0) is 14.0. The van der Waals surface area contributed by atoms with Gasteiger partial charge in [0, 0.05) is 12.6 Å². The number of amides is 3. The highest BCUT2D eigenvalue weighted by Gasteiger charge is 2.35. The summed E-state index contributed by atoms with van der Waals surface area (Å²) in [6.07, 6.45) is 3.11. The average Bonchev–Trinajstić information content (AvgIpc) is 3.01. The van der Waals surface area contributed by atoms with E-state index >= 15 is 0 Å². The second-order valence-corrected chi connectivity index (χ2v) is 5.14. The van der Waals surface area contributed by atoms with Crippen molar-refractivity contribution in [1.82, 2.24) is 15.5 Å². The van der Waals surface area contributed by atoms with Gasteiger partial charge in [0.05, 0.1) is 0 Å². The summed E-state index contributed by atoms with van der Waals surface area (Å²) in [6.45, 7) is 2.02. The fraction of sp³-hybridized carbons (Fsp3) is 0.750. The predicted octanol–water partition coefficient (Wildman–Crippen LogP) is -0.0879. The van der Waals surface area contributed by atoms with Gasteiger partial charge in [0.1, 0.15) is 12.1 Å². The first-order valence-electron chi connectivity index (χ1n) is 6.59. The van der Waals surface area contributed by atoms with Crippen LogP contribution in [-0.2, 0) is 9.59 Å². The van der Waals surface area contributed by atoms with Crippen LogP contribution in [0.1, 0.15) is 32.6 Å². The van der Waals surface area contributed by atoms with Crippen LogP contribution in [0.15, 0.2) is 0 Å². The van der Waals surface area contributed by atoms with Gasteiger partial charge in [0.25, 0.3) is 0 Å². The van der Waals surface area contributed by atoms with Gasteiger partial charge in [-0.3, -0.25) is 4.79 Å². The predicted molar refractivity (Wildman–Crippen MR) is 66.5 cm³/mol. The maximum Gasteiger partial charge on any atom is 0.326 e. The van der Waals surface area contributed by atoms with Crippen molar-refractivity contribution >= 4 is 17.9 Å². The Morgan fingerprint density at radius 2 is 1.95 bits per heavy atom. The van der Waals surface area contributed by atoms with Crippen LogP contribution in [0.4, 0.5) is 4.79 Å². The molecule has 1 aliphatic carbocycles. The molecule has 0 radical (unpaired) electrons. The monoisotopic (exact) mass is 269 g/mol. The molecule has 19 heavy (non-hydrogen) atoms. The van der Waals surface area contributed by atoms with Gasteiger partial charge >= 0.3 is 12.0 Å². The normalized spacial score (nSPS) is 23.8. The van der Waals surface area contributed by atoms with Gasteiger partial charge in [-0.2, -0.15) is 0 Å². The number of carbonyl (C=O) groups is 3. The number of aliphatic carboxylic acids is 1. The minimum absolute atomic E-state index is 0.220. The highest BCUT2D eigenvalue weighted by Crippen LogP contribution is 2.19. The number of rotatable bonds is 4. The number of hydrogen-bond acceptors (Lipinski definition) is 3. The SMILES string of the molecule is CC(NC(=O)N1CCC[C@@H]1C(=O)O)C(=O)NC1CC1. The molecule has 2 atom stereocenters. The minimum Gasteiger partial charge on any atom is -0.480 e. The van der Waals surface area contributed by atoms with E-state index in [0.717, 1.165) is 12.8 Å². The molecule has 3 N–H and O–H groups in total. The standard InChI is InChI=1S/C12H19N3O4/c1-7(10(16)14-8-4-5-8)13-12(19)15-6-2-3-9(15)11(17)18/h7-9H,2-6H2,1H3,(H,13,19)(H,14,16)(H,17,18)/t7?,9-/m1/s1. The van der Waals surface area contributed by atoms with Crippen molar-refractivity contribution in [1.29, 1.82) is 0 Å². The number of hydrogen-bond donors (Lipinski definition) is 3. The van der Waals surface area contributed by atoms with Crippen molar-refractivity contribution in [3.05, 3.63) is 0 Å². The average molecular weight is 269 g/mol. The third kappa shape index (κ3) is 3.36. The van der Waals surface area contributed by atoms with E-state index in [4.69, 9.17) is 5.11 Å². The first-order chi connectivity index (χ1) is 8.99. The fourth-order valence-corrected chi connectivity index (χ4v) is 2.15. The molecule has 7 heteroatoms. The van der Waals surface area contributed by atoms with Crippen molar-refractivity contribution in [2.24, 2.45) is 0 Å². The molecule has 106 valence electrons. The Kier molecular flexibility index (Phi) is 3.92. The van der Waals surface area contributed by atoms with Gasteiger partial charge in [0.2, 0.25) is 5.91 Å². The molecule has 0 aromatic carbocycles. The Labute approximate surface area is 111 Å². The van der Waals surface area contributed by atoms with E-state index in [1.165, 1.54) is 4.90 Å². The second-order valence-electron chi connectivity index (χ2n) is 5.14. The van der Waals surface area contributed by atoms with Gasteiger partial charge in [-0.25, -0.2) is 9.59 Å². The molecule has 1 heterocycles. The summed E-state index contributed by atoms with van der Waals surface area (Å²) in [7, 11) is 0. The van der Waals surface area contributed by atoms with Gasteiger partial charge in [-0.15, -0.1) is 0 Å². The lowest BCUT2D eigenvalue weighted by molar-refractivity contribution is -0.141. The Balaban J connectivity index is 1.85. The summed E-state index contributed by atoms with van der Waals surface area (Å²) in [5, 5.41) is 14.3. The molecule has 0 bridgehead atoms. The molecule has 1 saturated carbocycles. The molecular formula is C12H19N3O4. The Bertz CT molecular complexity index is 394. The first kappa shape index (κ1) is 13.6. The Morgan fingerprint density at radius 1 is 1.26 bits per heavy atom. The van der Waals surface area contributed by atoms with E-state index in [2.05, 4.69) is 10.6 Å².